The van der Waals surface area contributed by atoms with Crippen LogP contribution in [0.4, 0.5) is 0 Å². The van der Waals surface area contributed by atoms with Gasteiger partial charge in [0.15, 0.2) is 9.84 Å². The van der Waals surface area contributed by atoms with Crippen LogP contribution in [0.1, 0.15) is 38.1 Å². The smallest absolute Gasteiger partial charge is 0.151 e. The highest BCUT2D eigenvalue weighted by molar-refractivity contribution is 7.91. The highest BCUT2D eigenvalue weighted by atomic mass is 32.2. The molecule has 0 bridgehead atoms. The third-order valence-electron chi connectivity index (χ3n) is 3.07. The summed E-state index contributed by atoms with van der Waals surface area (Å²) in [7, 11) is -2.92. The fraction of sp³-hybridized carbons (Fsp3) is 0.692. The molecule has 5 heteroatoms. The zero-order chi connectivity index (χ0) is 13.6. The Kier molecular flexibility index (Phi) is 6.32. The summed E-state index contributed by atoms with van der Waals surface area (Å²) >= 11 is 1.69. The lowest BCUT2D eigenvalue weighted by Crippen LogP contribution is -2.27. The van der Waals surface area contributed by atoms with Crippen molar-refractivity contribution in [1.82, 2.24) is 5.32 Å². The number of sulfone groups is 1. The standard InChI is InChI=1S/C13H23NO2S2/c1-4-11(2)10-18(15,16)9-7-14-12(3)13-6-5-8-17-13/h5-6,8,11-12,14H,4,7,9-10H2,1-3H3. The minimum Gasteiger partial charge on any atom is -0.308 e. The van der Waals surface area contributed by atoms with Gasteiger partial charge in [0.05, 0.1) is 11.5 Å². The summed E-state index contributed by atoms with van der Waals surface area (Å²) in [6.45, 7) is 6.60. The summed E-state index contributed by atoms with van der Waals surface area (Å²) in [4.78, 5) is 1.24. The second-order valence-corrected chi connectivity index (χ2v) is 8.03. The molecule has 3 nitrogen and oxygen atoms in total. The Labute approximate surface area is 115 Å². The Hall–Kier alpha value is -0.390. The Morgan fingerprint density at radius 1 is 1.39 bits per heavy atom. The van der Waals surface area contributed by atoms with Crippen LogP contribution in [-0.4, -0.2) is 26.5 Å². The average molecular weight is 289 g/mol. The van der Waals surface area contributed by atoms with E-state index in [2.05, 4.69) is 18.3 Å². The van der Waals surface area contributed by atoms with Crippen LogP contribution < -0.4 is 5.32 Å². The molecule has 104 valence electrons. The second-order valence-electron chi connectivity index (χ2n) is 4.82. The van der Waals surface area contributed by atoms with Crippen molar-refractivity contribution in [1.29, 1.82) is 0 Å². The normalized spacial score (nSPS) is 15.5. The quantitative estimate of drug-likeness (QED) is 0.800. The van der Waals surface area contributed by atoms with Crippen molar-refractivity contribution in [3.05, 3.63) is 22.4 Å². The summed E-state index contributed by atoms with van der Waals surface area (Å²) in [5.41, 5.74) is 0. The first-order chi connectivity index (χ1) is 8.44. The van der Waals surface area contributed by atoms with E-state index >= 15 is 0 Å². The molecule has 0 saturated carbocycles. The predicted octanol–water partition coefficient (Wildman–Crippen LogP) is 2.86. The van der Waals surface area contributed by atoms with E-state index in [1.165, 1.54) is 4.88 Å². The van der Waals surface area contributed by atoms with Crippen LogP contribution >= 0.6 is 11.3 Å². The summed E-state index contributed by atoms with van der Waals surface area (Å²) in [6.07, 6.45) is 0.915. The lowest BCUT2D eigenvalue weighted by atomic mass is 10.2. The number of hydrogen-bond acceptors (Lipinski definition) is 4. The van der Waals surface area contributed by atoms with Gasteiger partial charge in [0.2, 0.25) is 0 Å². The Morgan fingerprint density at radius 2 is 2.11 bits per heavy atom. The van der Waals surface area contributed by atoms with Crippen molar-refractivity contribution < 1.29 is 8.42 Å². The van der Waals surface area contributed by atoms with Gasteiger partial charge in [0.1, 0.15) is 0 Å². The Balaban J connectivity index is 2.33. The van der Waals surface area contributed by atoms with Crippen molar-refractivity contribution in [2.75, 3.05) is 18.1 Å². The van der Waals surface area contributed by atoms with Gasteiger partial charge in [-0.2, -0.15) is 0 Å². The van der Waals surface area contributed by atoms with E-state index in [0.29, 0.717) is 12.3 Å². The lowest BCUT2D eigenvalue weighted by molar-refractivity contribution is 0.554. The molecule has 1 aromatic rings. The molecule has 2 unspecified atom stereocenters. The van der Waals surface area contributed by atoms with E-state index < -0.39 is 9.84 Å². The summed E-state index contributed by atoms with van der Waals surface area (Å²) in [5.74, 6) is 0.788. The van der Waals surface area contributed by atoms with Crippen LogP contribution in [0.3, 0.4) is 0 Å². The third kappa shape index (κ3) is 5.50. The zero-order valence-corrected chi connectivity index (χ0v) is 13.0. The number of thiophene rings is 1. The first kappa shape index (κ1) is 15.7. The summed E-state index contributed by atoms with van der Waals surface area (Å²) < 4.78 is 23.7. The van der Waals surface area contributed by atoms with Crippen LogP contribution in [0.5, 0.6) is 0 Å². The molecule has 1 heterocycles. The van der Waals surface area contributed by atoms with Gasteiger partial charge in [-0.1, -0.05) is 26.3 Å². The van der Waals surface area contributed by atoms with E-state index in [-0.39, 0.29) is 17.7 Å². The molecular formula is C13H23NO2S2. The minimum absolute atomic E-state index is 0.226. The van der Waals surface area contributed by atoms with Gasteiger partial charge in [-0.05, 0) is 24.3 Å². The molecule has 0 aliphatic heterocycles. The molecule has 0 aromatic carbocycles. The summed E-state index contributed by atoms with van der Waals surface area (Å²) in [5, 5.41) is 5.30. The van der Waals surface area contributed by atoms with Gasteiger partial charge in [-0.3, -0.25) is 0 Å². The van der Waals surface area contributed by atoms with Crippen LogP contribution in [0.15, 0.2) is 17.5 Å². The van der Waals surface area contributed by atoms with Crippen LogP contribution in [-0.2, 0) is 9.84 Å². The molecule has 1 aromatic heterocycles. The first-order valence-corrected chi connectivity index (χ1v) is 9.12. The fourth-order valence-corrected chi connectivity index (χ4v) is 4.16. The van der Waals surface area contributed by atoms with Crippen LogP contribution in [0.25, 0.3) is 0 Å². The van der Waals surface area contributed by atoms with Gasteiger partial charge in [0.25, 0.3) is 0 Å². The topological polar surface area (TPSA) is 46.2 Å². The second kappa shape index (κ2) is 7.26. The third-order valence-corrected chi connectivity index (χ3v) is 6.03. The maximum absolute atomic E-state index is 11.8. The van der Waals surface area contributed by atoms with E-state index in [1.54, 1.807) is 11.3 Å². The first-order valence-electron chi connectivity index (χ1n) is 6.42. The lowest BCUT2D eigenvalue weighted by Gasteiger charge is -2.13. The minimum atomic E-state index is -2.92. The Bertz CT molecular complexity index is 426. The van der Waals surface area contributed by atoms with Gasteiger partial charge < -0.3 is 5.32 Å². The molecule has 2 atom stereocenters. The molecule has 1 N–H and O–H groups in total. The largest absolute Gasteiger partial charge is 0.308 e. The van der Waals surface area contributed by atoms with Gasteiger partial charge >= 0.3 is 0 Å². The molecule has 18 heavy (non-hydrogen) atoms. The number of rotatable bonds is 8. The number of nitrogens with one attached hydrogen (secondary N) is 1. The monoisotopic (exact) mass is 289 g/mol. The fourth-order valence-electron chi connectivity index (χ4n) is 1.70. The van der Waals surface area contributed by atoms with Crippen LogP contribution in [0.2, 0.25) is 0 Å². The van der Waals surface area contributed by atoms with E-state index in [1.807, 2.05) is 25.3 Å². The highest BCUT2D eigenvalue weighted by Gasteiger charge is 2.15. The molecule has 0 amide bonds. The van der Waals surface area contributed by atoms with Gasteiger partial charge in [-0.25, -0.2) is 8.42 Å². The van der Waals surface area contributed by atoms with Crippen molar-refractivity contribution in [2.45, 2.75) is 33.2 Å². The van der Waals surface area contributed by atoms with Gasteiger partial charge in [0, 0.05) is 17.5 Å². The predicted molar refractivity (Wildman–Crippen MR) is 78.8 cm³/mol. The SMILES string of the molecule is CCC(C)CS(=O)(=O)CCNC(C)c1cccs1. The van der Waals surface area contributed by atoms with Crippen molar-refractivity contribution in [2.24, 2.45) is 5.92 Å². The van der Waals surface area contributed by atoms with E-state index in [9.17, 15) is 8.42 Å². The summed E-state index contributed by atoms with van der Waals surface area (Å²) in [6, 6.07) is 4.30. The maximum atomic E-state index is 11.8. The average Bonchev–Trinajstić information content (AvgIpc) is 2.81. The molecule has 0 aliphatic carbocycles. The molecule has 0 aliphatic rings. The highest BCUT2D eigenvalue weighted by Crippen LogP contribution is 2.17. The Morgan fingerprint density at radius 3 is 2.67 bits per heavy atom. The van der Waals surface area contributed by atoms with E-state index in [0.717, 1.165) is 6.42 Å². The van der Waals surface area contributed by atoms with Crippen LogP contribution in [0, 0.1) is 5.92 Å². The van der Waals surface area contributed by atoms with Crippen molar-refractivity contribution in [3.8, 4) is 0 Å². The molecular weight excluding hydrogens is 266 g/mol. The number of hydrogen-bond donors (Lipinski definition) is 1. The van der Waals surface area contributed by atoms with E-state index in [4.69, 9.17) is 0 Å². The molecule has 0 saturated heterocycles. The molecule has 0 fully saturated rings. The van der Waals surface area contributed by atoms with Crippen molar-refractivity contribution >= 4 is 21.2 Å². The molecule has 0 spiro atoms. The van der Waals surface area contributed by atoms with Crippen molar-refractivity contribution in [3.63, 3.8) is 0 Å². The molecule has 1 rings (SSSR count). The van der Waals surface area contributed by atoms with Gasteiger partial charge in [-0.15, -0.1) is 11.3 Å². The molecule has 0 radical (unpaired) electrons. The zero-order valence-electron chi connectivity index (χ0n) is 11.3. The maximum Gasteiger partial charge on any atom is 0.151 e.